The van der Waals surface area contributed by atoms with Crippen LogP contribution >= 0.6 is 11.6 Å². The standard InChI is InChI=1S/C28H34ClF2N3O4SSi/c1-15(2)40(16(3)4,17(5)6)38-27-24-20(25(33-39(7,36)37)19-9-8-10-32-26(19)27)14-34(28(24)35)13-18-11-21(29)23(31)12-22(18)30/h8-12,14-17,33,35H,13H2,1-7H3. The molecule has 12 heteroatoms. The molecule has 2 aromatic carbocycles. The van der Waals surface area contributed by atoms with Gasteiger partial charge >= 0.3 is 0 Å². The SMILES string of the molecule is CC(C)[Si](Oc1c2ncccc2c(NS(C)(=O)=O)c2cn(Cc3cc(Cl)c(F)cc3F)c(O)c12)(C(C)C)C(C)C. The molecule has 2 aromatic heterocycles. The lowest BCUT2D eigenvalue weighted by molar-refractivity contribution is 0.425. The Balaban J connectivity index is 2.10. The van der Waals surface area contributed by atoms with Gasteiger partial charge in [-0.25, -0.2) is 17.2 Å². The summed E-state index contributed by atoms with van der Waals surface area (Å²) in [7, 11) is -6.34. The molecule has 0 saturated carbocycles. The Morgan fingerprint density at radius 1 is 1.07 bits per heavy atom. The highest BCUT2D eigenvalue weighted by Gasteiger charge is 2.48. The van der Waals surface area contributed by atoms with Gasteiger partial charge < -0.3 is 14.1 Å². The maximum absolute atomic E-state index is 14.7. The summed E-state index contributed by atoms with van der Waals surface area (Å²) in [5, 5.41) is 12.4. The fraction of sp³-hybridized carbons (Fsp3) is 0.393. The molecule has 0 bridgehead atoms. The number of sulfonamides is 1. The third-order valence-electron chi connectivity index (χ3n) is 7.54. The number of benzene rings is 2. The predicted octanol–water partition coefficient (Wildman–Crippen LogP) is 7.80. The number of aromatic hydroxyl groups is 1. The van der Waals surface area contributed by atoms with Crippen LogP contribution < -0.4 is 9.15 Å². The Morgan fingerprint density at radius 2 is 1.70 bits per heavy atom. The van der Waals surface area contributed by atoms with Gasteiger partial charge in [0.15, 0.2) is 0 Å². The van der Waals surface area contributed by atoms with Crippen molar-refractivity contribution in [3.8, 4) is 11.6 Å². The Bertz CT molecular complexity index is 1690. The summed E-state index contributed by atoms with van der Waals surface area (Å²) in [6.45, 7) is 12.6. The first-order valence-corrected chi connectivity index (χ1v) is 17.4. The summed E-state index contributed by atoms with van der Waals surface area (Å²) in [4.78, 5) is 4.58. The number of hydrogen-bond acceptors (Lipinski definition) is 5. The maximum atomic E-state index is 14.7. The molecule has 2 heterocycles. The quantitative estimate of drug-likeness (QED) is 0.149. The largest absolute Gasteiger partial charge is 0.541 e. The Morgan fingerprint density at radius 3 is 2.27 bits per heavy atom. The number of rotatable bonds is 9. The molecule has 2 N–H and O–H groups in total. The van der Waals surface area contributed by atoms with Crippen molar-refractivity contribution >= 4 is 57.3 Å². The second-order valence-electron chi connectivity index (χ2n) is 11.1. The summed E-state index contributed by atoms with van der Waals surface area (Å²) in [5.74, 6) is -1.65. The van der Waals surface area contributed by atoms with E-state index in [1.807, 2.05) is 0 Å². The molecular weight excluding hydrogens is 576 g/mol. The highest BCUT2D eigenvalue weighted by molar-refractivity contribution is 7.92. The molecule has 0 fully saturated rings. The van der Waals surface area contributed by atoms with Crippen LogP contribution in [0.3, 0.4) is 0 Å². The van der Waals surface area contributed by atoms with E-state index in [4.69, 9.17) is 16.0 Å². The van der Waals surface area contributed by atoms with E-state index in [-0.39, 0.29) is 50.7 Å². The van der Waals surface area contributed by atoms with Gasteiger partial charge in [0.25, 0.3) is 8.32 Å². The zero-order valence-electron chi connectivity index (χ0n) is 23.5. The van der Waals surface area contributed by atoms with Crippen LogP contribution in [0.25, 0.3) is 21.7 Å². The first-order valence-electron chi connectivity index (χ1n) is 13.0. The summed E-state index contributed by atoms with van der Waals surface area (Å²) >= 11 is 5.91. The van der Waals surface area contributed by atoms with Gasteiger partial charge in [0.1, 0.15) is 22.9 Å². The van der Waals surface area contributed by atoms with E-state index in [0.717, 1.165) is 12.3 Å². The number of fused-ring (bicyclic) bond motifs is 2. The average Bonchev–Trinajstić information content (AvgIpc) is 3.16. The van der Waals surface area contributed by atoms with E-state index in [9.17, 15) is 22.3 Å². The molecule has 0 aliphatic rings. The second-order valence-corrected chi connectivity index (χ2v) is 18.7. The topological polar surface area (TPSA) is 93.5 Å². The molecule has 0 spiro atoms. The zero-order valence-corrected chi connectivity index (χ0v) is 26.1. The third-order valence-corrected chi connectivity index (χ3v) is 14.4. The van der Waals surface area contributed by atoms with Crippen molar-refractivity contribution in [3.63, 3.8) is 0 Å². The first-order chi connectivity index (χ1) is 18.6. The monoisotopic (exact) mass is 609 g/mol. The number of anilines is 1. The molecule has 4 rings (SSSR count). The molecule has 0 saturated heterocycles. The number of aromatic nitrogens is 2. The highest BCUT2D eigenvalue weighted by atomic mass is 35.5. The van der Waals surface area contributed by atoms with Crippen LogP contribution in [0.2, 0.25) is 21.6 Å². The number of pyridine rings is 1. The minimum atomic E-state index is -3.75. The summed E-state index contributed by atoms with van der Waals surface area (Å²) in [6, 6.07) is 5.28. The normalized spacial score (nSPS) is 12.8. The molecule has 7 nitrogen and oxygen atoms in total. The number of nitrogens with zero attached hydrogens (tertiary/aromatic N) is 2. The van der Waals surface area contributed by atoms with Crippen molar-refractivity contribution in [3.05, 3.63) is 58.9 Å². The van der Waals surface area contributed by atoms with Gasteiger partial charge in [-0.1, -0.05) is 53.1 Å². The number of nitrogens with one attached hydrogen (secondary N) is 1. The molecule has 0 atom stereocenters. The van der Waals surface area contributed by atoms with Gasteiger partial charge in [-0.2, -0.15) is 0 Å². The average molecular weight is 610 g/mol. The Labute approximate surface area is 239 Å². The first kappa shape index (κ1) is 30.1. The molecule has 0 radical (unpaired) electrons. The van der Waals surface area contributed by atoms with E-state index < -0.39 is 30.0 Å². The summed E-state index contributed by atoms with van der Waals surface area (Å²) in [6.07, 6.45) is 4.14. The van der Waals surface area contributed by atoms with E-state index >= 15 is 0 Å². The van der Waals surface area contributed by atoms with Crippen LogP contribution in [0.5, 0.6) is 11.6 Å². The summed E-state index contributed by atoms with van der Waals surface area (Å²) in [5.41, 5.74) is 1.22. The third kappa shape index (κ3) is 5.26. The van der Waals surface area contributed by atoms with Crippen LogP contribution in [0.15, 0.2) is 36.7 Å². The highest BCUT2D eigenvalue weighted by Crippen LogP contribution is 2.50. The second kappa shape index (κ2) is 10.8. The molecule has 40 heavy (non-hydrogen) atoms. The van der Waals surface area contributed by atoms with Crippen molar-refractivity contribution < 1.29 is 26.7 Å². The Hall–Kier alpha value is -2.89. The van der Waals surface area contributed by atoms with Gasteiger partial charge in [0.05, 0.1) is 28.9 Å². The van der Waals surface area contributed by atoms with Crippen LogP contribution in [-0.2, 0) is 16.6 Å². The fourth-order valence-electron chi connectivity index (χ4n) is 5.92. The van der Waals surface area contributed by atoms with Crippen molar-refractivity contribution in [1.82, 2.24) is 9.55 Å². The zero-order chi connectivity index (χ0) is 29.7. The molecule has 0 amide bonds. The van der Waals surface area contributed by atoms with Gasteiger partial charge in [-0.15, -0.1) is 0 Å². The van der Waals surface area contributed by atoms with Crippen LogP contribution in [0.4, 0.5) is 14.5 Å². The number of halogens is 3. The lowest BCUT2D eigenvalue weighted by Crippen LogP contribution is -2.50. The fourth-order valence-corrected chi connectivity index (χ4v) is 12.0. The minimum Gasteiger partial charge on any atom is -0.541 e. The van der Waals surface area contributed by atoms with Crippen LogP contribution in [0, 0.1) is 11.6 Å². The van der Waals surface area contributed by atoms with Crippen molar-refractivity contribution in [2.45, 2.75) is 64.7 Å². The van der Waals surface area contributed by atoms with E-state index in [0.29, 0.717) is 28.1 Å². The molecule has 0 aliphatic carbocycles. The smallest absolute Gasteiger partial charge is 0.258 e. The van der Waals surface area contributed by atoms with E-state index in [1.54, 1.807) is 18.3 Å². The van der Waals surface area contributed by atoms with Crippen molar-refractivity contribution in [2.75, 3.05) is 11.0 Å². The van der Waals surface area contributed by atoms with Gasteiger partial charge in [-0.05, 0) is 34.8 Å². The van der Waals surface area contributed by atoms with Crippen LogP contribution in [-0.4, -0.2) is 37.6 Å². The lowest BCUT2D eigenvalue weighted by Gasteiger charge is -2.42. The predicted molar refractivity (Wildman–Crippen MR) is 160 cm³/mol. The summed E-state index contributed by atoms with van der Waals surface area (Å²) < 4.78 is 64.4. The molecule has 0 unspecified atom stereocenters. The maximum Gasteiger partial charge on any atom is 0.258 e. The molecule has 216 valence electrons. The van der Waals surface area contributed by atoms with Gasteiger partial charge in [0.2, 0.25) is 15.9 Å². The molecule has 0 aliphatic heterocycles. The van der Waals surface area contributed by atoms with Crippen LogP contribution in [0.1, 0.15) is 47.1 Å². The lowest BCUT2D eigenvalue weighted by atomic mass is 10.1. The number of hydrogen-bond donors (Lipinski definition) is 2. The van der Waals surface area contributed by atoms with Crippen molar-refractivity contribution in [1.29, 1.82) is 0 Å². The molecular formula is C28H34ClF2N3O4SSi. The van der Waals surface area contributed by atoms with E-state index in [1.165, 1.54) is 10.8 Å². The van der Waals surface area contributed by atoms with E-state index in [2.05, 4.69) is 51.2 Å². The Kier molecular flexibility index (Phi) is 8.14. The van der Waals surface area contributed by atoms with Gasteiger partial charge in [0, 0.05) is 34.8 Å². The molecule has 4 aromatic rings. The minimum absolute atomic E-state index is 0.0417. The van der Waals surface area contributed by atoms with Crippen molar-refractivity contribution in [2.24, 2.45) is 0 Å². The van der Waals surface area contributed by atoms with Gasteiger partial charge in [-0.3, -0.25) is 9.71 Å².